The Labute approximate surface area is 111 Å². The molecule has 102 valence electrons. The standard InChI is InChI=1S/C14H16O5/c1-2-9-18-11-5-3-6-12(10-11)19-14(17)8-4-7-13(15)16/h2-3,5-6,10H,1,4,7-9H2,(H,15,16). The fraction of sp³-hybridized carbons (Fsp3) is 0.286. The third-order valence-electron chi connectivity index (χ3n) is 2.18. The van der Waals surface area contributed by atoms with Crippen LogP contribution in [0.1, 0.15) is 19.3 Å². The van der Waals surface area contributed by atoms with Crippen LogP contribution in [0, 0.1) is 0 Å². The van der Waals surface area contributed by atoms with Crippen molar-refractivity contribution in [1.29, 1.82) is 0 Å². The van der Waals surface area contributed by atoms with Gasteiger partial charge in [-0.05, 0) is 18.6 Å². The summed E-state index contributed by atoms with van der Waals surface area (Å²) in [6.07, 6.45) is 1.91. The molecule has 1 rings (SSSR count). The molecule has 0 spiro atoms. The van der Waals surface area contributed by atoms with Gasteiger partial charge in [0.05, 0.1) is 0 Å². The zero-order valence-electron chi connectivity index (χ0n) is 10.5. The lowest BCUT2D eigenvalue weighted by Crippen LogP contribution is -2.08. The van der Waals surface area contributed by atoms with Crippen LogP contribution in [0.4, 0.5) is 0 Å². The van der Waals surface area contributed by atoms with Crippen LogP contribution in [0.5, 0.6) is 11.5 Å². The monoisotopic (exact) mass is 264 g/mol. The first-order valence-electron chi connectivity index (χ1n) is 5.88. The normalized spacial score (nSPS) is 9.68. The number of carbonyl (C=O) groups is 2. The number of benzene rings is 1. The number of aliphatic carboxylic acids is 1. The van der Waals surface area contributed by atoms with Crippen molar-refractivity contribution in [2.75, 3.05) is 6.61 Å². The maximum Gasteiger partial charge on any atom is 0.311 e. The van der Waals surface area contributed by atoms with Crippen LogP contribution in [0.3, 0.4) is 0 Å². The van der Waals surface area contributed by atoms with Gasteiger partial charge in [-0.2, -0.15) is 0 Å². The molecule has 5 nitrogen and oxygen atoms in total. The average Bonchev–Trinajstić information content (AvgIpc) is 2.36. The highest BCUT2D eigenvalue weighted by Gasteiger charge is 2.07. The van der Waals surface area contributed by atoms with Crippen LogP contribution in [0.15, 0.2) is 36.9 Å². The molecule has 1 aromatic rings. The van der Waals surface area contributed by atoms with Crippen molar-refractivity contribution in [3.8, 4) is 11.5 Å². The minimum Gasteiger partial charge on any atom is -0.489 e. The molecular weight excluding hydrogens is 248 g/mol. The number of rotatable bonds is 8. The van der Waals surface area contributed by atoms with Gasteiger partial charge >= 0.3 is 11.9 Å². The number of carboxylic acid groups (broad SMARTS) is 1. The van der Waals surface area contributed by atoms with Crippen LogP contribution >= 0.6 is 0 Å². The summed E-state index contributed by atoms with van der Waals surface area (Å²) in [6.45, 7) is 3.91. The van der Waals surface area contributed by atoms with Gasteiger partial charge < -0.3 is 14.6 Å². The number of hydrogen-bond donors (Lipinski definition) is 1. The minimum absolute atomic E-state index is 0.0441. The molecule has 0 aromatic heterocycles. The molecule has 0 saturated heterocycles. The molecule has 0 unspecified atom stereocenters. The summed E-state index contributed by atoms with van der Waals surface area (Å²) in [5, 5.41) is 8.46. The zero-order valence-corrected chi connectivity index (χ0v) is 10.5. The molecule has 1 N–H and O–H groups in total. The van der Waals surface area contributed by atoms with E-state index in [0.29, 0.717) is 18.1 Å². The largest absolute Gasteiger partial charge is 0.489 e. The van der Waals surface area contributed by atoms with Crippen molar-refractivity contribution in [3.63, 3.8) is 0 Å². The molecule has 19 heavy (non-hydrogen) atoms. The molecule has 1 aromatic carbocycles. The van der Waals surface area contributed by atoms with Gasteiger partial charge in [-0.1, -0.05) is 18.7 Å². The second-order valence-electron chi connectivity index (χ2n) is 3.80. The lowest BCUT2D eigenvalue weighted by molar-refractivity contribution is -0.137. The molecule has 0 aliphatic carbocycles. The first kappa shape index (κ1) is 14.8. The van der Waals surface area contributed by atoms with Crippen LogP contribution < -0.4 is 9.47 Å². The van der Waals surface area contributed by atoms with Crippen molar-refractivity contribution < 1.29 is 24.2 Å². The lowest BCUT2D eigenvalue weighted by Gasteiger charge is -2.06. The van der Waals surface area contributed by atoms with Crippen molar-refractivity contribution in [2.45, 2.75) is 19.3 Å². The summed E-state index contributed by atoms with van der Waals surface area (Å²) in [6, 6.07) is 6.68. The van der Waals surface area contributed by atoms with Gasteiger partial charge in [0, 0.05) is 18.9 Å². The first-order chi connectivity index (χ1) is 9.11. The molecule has 0 bridgehead atoms. The van der Waals surface area contributed by atoms with Crippen LogP contribution in [0.25, 0.3) is 0 Å². The molecule has 0 saturated carbocycles. The Balaban J connectivity index is 2.44. The van der Waals surface area contributed by atoms with E-state index in [4.69, 9.17) is 14.6 Å². The van der Waals surface area contributed by atoms with Gasteiger partial charge in [0.2, 0.25) is 0 Å². The van der Waals surface area contributed by atoms with E-state index in [0.717, 1.165) is 0 Å². The van der Waals surface area contributed by atoms with E-state index in [-0.39, 0.29) is 19.3 Å². The van der Waals surface area contributed by atoms with Gasteiger partial charge in [-0.25, -0.2) is 0 Å². The second kappa shape index (κ2) is 7.92. The first-order valence-corrected chi connectivity index (χ1v) is 5.88. The number of ether oxygens (including phenoxy) is 2. The van der Waals surface area contributed by atoms with Crippen LogP contribution in [-0.2, 0) is 9.59 Å². The molecule has 0 heterocycles. The van der Waals surface area contributed by atoms with E-state index >= 15 is 0 Å². The van der Waals surface area contributed by atoms with E-state index in [9.17, 15) is 9.59 Å². The van der Waals surface area contributed by atoms with Gasteiger partial charge in [0.25, 0.3) is 0 Å². The molecule has 5 heteroatoms. The van der Waals surface area contributed by atoms with E-state index < -0.39 is 11.9 Å². The predicted octanol–water partition coefficient (Wildman–Crippen LogP) is 2.41. The Kier molecular flexibility index (Phi) is 6.15. The van der Waals surface area contributed by atoms with Crippen molar-refractivity contribution in [3.05, 3.63) is 36.9 Å². The Morgan fingerprint density at radius 1 is 1.26 bits per heavy atom. The number of carbonyl (C=O) groups excluding carboxylic acids is 1. The second-order valence-corrected chi connectivity index (χ2v) is 3.80. The maximum absolute atomic E-state index is 11.4. The van der Waals surface area contributed by atoms with E-state index in [1.165, 1.54) is 0 Å². The number of hydrogen-bond acceptors (Lipinski definition) is 4. The molecule has 0 atom stereocenters. The summed E-state index contributed by atoms with van der Waals surface area (Å²) in [7, 11) is 0. The lowest BCUT2D eigenvalue weighted by atomic mass is 10.2. The number of carboxylic acids is 1. The third kappa shape index (κ3) is 6.26. The summed E-state index contributed by atoms with van der Waals surface area (Å²) < 4.78 is 10.4. The molecular formula is C14H16O5. The highest BCUT2D eigenvalue weighted by atomic mass is 16.5. The predicted molar refractivity (Wildman–Crippen MR) is 69.3 cm³/mol. The quantitative estimate of drug-likeness (QED) is 0.443. The smallest absolute Gasteiger partial charge is 0.311 e. The summed E-state index contributed by atoms with van der Waals surface area (Å²) in [5.41, 5.74) is 0. The molecule has 0 fully saturated rings. The van der Waals surface area contributed by atoms with Crippen LogP contribution in [0.2, 0.25) is 0 Å². The highest BCUT2D eigenvalue weighted by Crippen LogP contribution is 2.20. The van der Waals surface area contributed by atoms with E-state index in [1.807, 2.05) is 0 Å². The van der Waals surface area contributed by atoms with Crippen molar-refractivity contribution >= 4 is 11.9 Å². The van der Waals surface area contributed by atoms with Crippen LogP contribution in [-0.4, -0.2) is 23.7 Å². The molecule has 0 amide bonds. The minimum atomic E-state index is -0.923. The van der Waals surface area contributed by atoms with Gasteiger partial charge in [0.15, 0.2) is 0 Å². The molecule has 0 radical (unpaired) electrons. The van der Waals surface area contributed by atoms with Gasteiger partial charge in [-0.15, -0.1) is 0 Å². The SMILES string of the molecule is C=CCOc1cccc(OC(=O)CCCC(=O)O)c1. The van der Waals surface area contributed by atoms with Crippen molar-refractivity contribution in [1.82, 2.24) is 0 Å². The topological polar surface area (TPSA) is 72.8 Å². The molecule has 0 aliphatic rings. The fourth-order valence-corrected chi connectivity index (χ4v) is 1.35. The summed E-state index contributed by atoms with van der Waals surface area (Å²) >= 11 is 0. The Morgan fingerprint density at radius 3 is 2.68 bits per heavy atom. The average molecular weight is 264 g/mol. The van der Waals surface area contributed by atoms with Gasteiger partial charge in [-0.3, -0.25) is 9.59 Å². The summed E-state index contributed by atoms with van der Waals surface area (Å²) in [4.78, 5) is 21.8. The maximum atomic E-state index is 11.4. The fourth-order valence-electron chi connectivity index (χ4n) is 1.35. The molecule has 0 aliphatic heterocycles. The highest BCUT2D eigenvalue weighted by molar-refractivity contribution is 5.73. The van der Waals surface area contributed by atoms with E-state index in [2.05, 4.69) is 6.58 Å². The Bertz CT molecular complexity index is 453. The Hall–Kier alpha value is -2.30. The van der Waals surface area contributed by atoms with Gasteiger partial charge in [0.1, 0.15) is 18.1 Å². The zero-order chi connectivity index (χ0) is 14.1. The summed E-state index contributed by atoms with van der Waals surface area (Å²) in [5.74, 6) is -0.424. The Morgan fingerprint density at radius 2 is 2.00 bits per heavy atom. The number of esters is 1. The van der Waals surface area contributed by atoms with E-state index in [1.54, 1.807) is 30.3 Å². The van der Waals surface area contributed by atoms with Crippen molar-refractivity contribution in [2.24, 2.45) is 0 Å². The third-order valence-corrected chi connectivity index (χ3v) is 2.18.